The molecule has 1 saturated heterocycles. The van der Waals surface area contributed by atoms with Crippen molar-refractivity contribution in [3.8, 4) is 0 Å². The highest BCUT2D eigenvalue weighted by atomic mass is 16.5. The molecule has 0 unspecified atom stereocenters. The summed E-state index contributed by atoms with van der Waals surface area (Å²) in [4.78, 5) is 14.7. The lowest BCUT2D eigenvalue weighted by molar-refractivity contribution is -0.120. The lowest BCUT2D eigenvalue weighted by Gasteiger charge is -2.38. The maximum atomic E-state index is 12.7. The molecule has 3 rings (SSSR count). The van der Waals surface area contributed by atoms with E-state index in [1.165, 1.54) is 11.1 Å². The number of likely N-dealkylation sites (N-methyl/N-ethyl adjacent to an activating group) is 1. The Morgan fingerprint density at radius 3 is 2.50 bits per heavy atom. The Bertz CT molecular complexity index is 767. The van der Waals surface area contributed by atoms with Gasteiger partial charge < -0.3 is 15.0 Å². The van der Waals surface area contributed by atoms with E-state index >= 15 is 0 Å². The van der Waals surface area contributed by atoms with Crippen molar-refractivity contribution in [3.63, 3.8) is 0 Å². The van der Waals surface area contributed by atoms with Crippen LogP contribution in [0.15, 0.2) is 54.6 Å². The van der Waals surface area contributed by atoms with Crippen molar-refractivity contribution in [2.75, 3.05) is 38.3 Å². The molecule has 1 aliphatic rings. The summed E-state index contributed by atoms with van der Waals surface area (Å²) in [6, 6.07) is 18.9. The van der Waals surface area contributed by atoms with Crippen molar-refractivity contribution in [2.45, 2.75) is 38.0 Å². The minimum atomic E-state index is -0.0364. The molecule has 0 bridgehead atoms. The zero-order valence-electron chi connectivity index (χ0n) is 17.3. The molecular weight excluding hydrogens is 348 g/mol. The molecule has 0 radical (unpaired) electrons. The first-order chi connectivity index (χ1) is 13.5. The van der Waals surface area contributed by atoms with Crippen LogP contribution in [-0.2, 0) is 14.9 Å². The molecule has 150 valence electrons. The highest BCUT2D eigenvalue weighted by Crippen LogP contribution is 2.34. The first kappa shape index (κ1) is 20.4. The lowest BCUT2D eigenvalue weighted by Crippen LogP contribution is -2.46. The zero-order chi connectivity index (χ0) is 20.0. The van der Waals surface area contributed by atoms with E-state index in [2.05, 4.69) is 67.7 Å². The minimum absolute atomic E-state index is 0.0364. The van der Waals surface area contributed by atoms with Gasteiger partial charge in [-0.25, -0.2) is 0 Å². The third kappa shape index (κ3) is 4.93. The number of carbonyl (C=O) groups is 1. The largest absolute Gasteiger partial charge is 0.381 e. The molecule has 1 amide bonds. The number of nitrogens with zero attached hydrogens (tertiary/aromatic N) is 1. The lowest BCUT2D eigenvalue weighted by atomic mass is 9.74. The molecule has 0 aliphatic carbocycles. The number of carbonyl (C=O) groups excluding carboxylic acids is 1. The second-order valence-electron chi connectivity index (χ2n) is 8.14. The summed E-state index contributed by atoms with van der Waals surface area (Å²) in [5.74, 6) is 0.528. The van der Waals surface area contributed by atoms with Crippen molar-refractivity contribution in [2.24, 2.45) is 0 Å². The van der Waals surface area contributed by atoms with Gasteiger partial charge in [0.25, 0.3) is 0 Å². The Labute approximate surface area is 168 Å². The molecule has 28 heavy (non-hydrogen) atoms. The number of hydrogen-bond donors (Lipinski definition) is 1. The van der Waals surface area contributed by atoms with E-state index in [4.69, 9.17) is 4.74 Å². The molecule has 0 atom stereocenters. The molecule has 1 aliphatic heterocycles. The van der Waals surface area contributed by atoms with E-state index in [1.807, 2.05) is 18.0 Å². The van der Waals surface area contributed by atoms with Crippen LogP contribution < -0.4 is 10.2 Å². The summed E-state index contributed by atoms with van der Waals surface area (Å²) >= 11 is 0. The quantitative estimate of drug-likeness (QED) is 0.786. The summed E-state index contributed by atoms with van der Waals surface area (Å²) in [5, 5.41) is 3.19. The Morgan fingerprint density at radius 2 is 1.82 bits per heavy atom. The van der Waals surface area contributed by atoms with Crippen LogP contribution in [0.2, 0.25) is 0 Å². The highest BCUT2D eigenvalue weighted by molar-refractivity contribution is 5.81. The second kappa shape index (κ2) is 9.24. The molecule has 1 heterocycles. The van der Waals surface area contributed by atoms with E-state index in [1.54, 1.807) is 0 Å². The summed E-state index contributed by atoms with van der Waals surface area (Å²) in [6.07, 6.45) is 1.87. The van der Waals surface area contributed by atoms with Gasteiger partial charge in [-0.1, -0.05) is 56.3 Å². The van der Waals surface area contributed by atoms with Gasteiger partial charge in [0.15, 0.2) is 0 Å². The van der Waals surface area contributed by atoms with Crippen molar-refractivity contribution in [1.29, 1.82) is 0 Å². The van der Waals surface area contributed by atoms with Gasteiger partial charge in [-0.3, -0.25) is 4.79 Å². The average Bonchev–Trinajstić information content (AvgIpc) is 2.73. The molecule has 0 aromatic heterocycles. The summed E-state index contributed by atoms with van der Waals surface area (Å²) < 4.78 is 5.58. The molecule has 1 N–H and O–H groups in total. The van der Waals surface area contributed by atoms with Crippen LogP contribution in [0.5, 0.6) is 0 Å². The Balaban J connectivity index is 1.63. The first-order valence-corrected chi connectivity index (χ1v) is 10.2. The van der Waals surface area contributed by atoms with Gasteiger partial charge in [-0.2, -0.15) is 0 Å². The van der Waals surface area contributed by atoms with Crippen molar-refractivity contribution < 1.29 is 9.53 Å². The van der Waals surface area contributed by atoms with Crippen LogP contribution >= 0.6 is 0 Å². The second-order valence-corrected chi connectivity index (χ2v) is 8.14. The summed E-state index contributed by atoms with van der Waals surface area (Å²) in [5.41, 5.74) is 3.61. The molecule has 2 aromatic rings. The predicted octanol–water partition coefficient (Wildman–Crippen LogP) is 4.11. The summed E-state index contributed by atoms with van der Waals surface area (Å²) in [6.45, 7) is 6.85. The fourth-order valence-electron chi connectivity index (χ4n) is 3.87. The van der Waals surface area contributed by atoms with E-state index < -0.39 is 0 Å². The molecule has 0 spiro atoms. The number of benzene rings is 2. The molecule has 4 heteroatoms. The van der Waals surface area contributed by atoms with Crippen LogP contribution in [0.1, 0.15) is 43.7 Å². The van der Waals surface area contributed by atoms with E-state index in [0.29, 0.717) is 19.0 Å². The average molecular weight is 381 g/mol. The van der Waals surface area contributed by atoms with Gasteiger partial charge in [-0.15, -0.1) is 0 Å². The Kier molecular flexibility index (Phi) is 6.74. The number of ether oxygens (including phenoxy) is 1. The Morgan fingerprint density at radius 1 is 1.11 bits per heavy atom. The van der Waals surface area contributed by atoms with Gasteiger partial charge in [0, 0.05) is 37.9 Å². The van der Waals surface area contributed by atoms with E-state index in [0.717, 1.165) is 31.7 Å². The van der Waals surface area contributed by atoms with Gasteiger partial charge in [0.05, 0.1) is 6.54 Å². The molecule has 2 aromatic carbocycles. The third-order valence-electron chi connectivity index (χ3n) is 5.82. The number of rotatable bonds is 7. The predicted molar refractivity (Wildman–Crippen MR) is 115 cm³/mol. The molecule has 4 nitrogen and oxygen atoms in total. The van der Waals surface area contributed by atoms with E-state index in [-0.39, 0.29) is 11.3 Å². The van der Waals surface area contributed by atoms with Crippen LogP contribution in [0.4, 0.5) is 5.69 Å². The zero-order valence-corrected chi connectivity index (χ0v) is 17.3. The fourth-order valence-corrected chi connectivity index (χ4v) is 3.87. The first-order valence-electron chi connectivity index (χ1n) is 10.2. The molecule has 0 saturated carbocycles. The number of nitrogens with one attached hydrogen (secondary N) is 1. The molecule has 1 fully saturated rings. The van der Waals surface area contributed by atoms with Gasteiger partial charge in [-0.05, 0) is 42.0 Å². The van der Waals surface area contributed by atoms with Gasteiger partial charge >= 0.3 is 0 Å². The monoisotopic (exact) mass is 380 g/mol. The topological polar surface area (TPSA) is 41.6 Å². The minimum Gasteiger partial charge on any atom is -0.381 e. The van der Waals surface area contributed by atoms with E-state index in [9.17, 15) is 4.79 Å². The number of anilines is 1. The fraction of sp³-hybridized carbons (Fsp3) is 0.458. The third-order valence-corrected chi connectivity index (χ3v) is 5.82. The molecular formula is C24H32N2O2. The van der Waals surface area contributed by atoms with Crippen LogP contribution in [0.3, 0.4) is 0 Å². The van der Waals surface area contributed by atoms with Crippen molar-refractivity contribution >= 4 is 11.6 Å². The van der Waals surface area contributed by atoms with Crippen molar-refractivity contribution in [1.82, 2.24) is 5.32 Å². The maximum absolute atomic E-state index is 12.7. The van der Waals surface area contributed by atoms with Gasteiger partial charge in [0.2, 0.25) is 5.91 Å². The normalized spacial score (nSPS) is 16.0. The van der Waals surface area contributed by atoms with Crippen molar-refractivity contribution in [3.05, 3.63) is 65.7 Å². The number of amides is 1. The number of hydrogen-bond acceptors (Lipinski definition) is 3. The smallest absolute Gasteiger partial charge is 0.239 e. The maximum Gasteiger partial charge on any atom is 0.239 e. The van der Waals surface area contributed by atoms with Crippen LogP contribution in [0.25, 0.3) is 0 Å². The highest BCUT2D eigenvalue weighted by Gasteiger charge is 2.34. The van der Waals surface area contributed by atoms with Gasteiger partial charge in [0.1, 0.15) is 0 Å². The van der Waals surface area contributed by atoms with Crippen LogP contribution in [0, 0.1) is 0 Å². The summed E-state index contributed by atoms with van der Waals surface area (Å²) in [7, 11) is 1.97. The van der Waals surface area contributed by atoms with Crippen LogP contribution in [-0.4, -0.2) is 39.3 Å². The Hall–Kier alpha value is -2.33. The standard InChI is InChI=1S/C24H32N2O2/c1-19(2)20-8-7-11-22(16-20)26(3)17-23(27)25-18-24(12-14-28-15-13-24)21-9-5-4-6-10-21/h4-11,16,19H,12-15,17-18H2,1-3H3,(H,25,27). The SMILES string of the molecule is CC(C)c1cccc(N(C)CC(=O)NCC2(c3ccccc3)CCOCC2)c1.